The highest BCUT2D eigenvalue weighted by Gasteiger charge is 2.22. The van der Waals surface area contributed by atoms with Gasteiger partial charge in [0.05, 0.1) is 12.0 Å². The maximum Gasteiger partial charge on any atom is 0.317 e. The first-order valence-electron chi connectivity index (χ1n) is 7.99. The summed E-state index contributed by atoms with van der Waals surface area (Å²) in [7, 11) is 1.65. The first-order valence-corrected chi connectivity index (χ1v) is 7.99. The van der Waals surface area contributed by atoms with Crippen LogP contribution in [0.3, 0.4) is 0 Å². The van der Waals surface area contributed by atoms with Crippen LogP contribution in [0.25, 0.3) is 0 Å². The normalized spacial score (nSPS) is 13.1. The Balaban J connectivity index is 1.63. The Kier molecular flexibility index (Phi) is 4.83. The number of amides is 2. The standard InChI is InChI=1S/C18H19N3O4/c1-25-17-7-3-5-14-12-20(9-8-16(14)17)18(22)19-11-13-4-2-6-15(10-13)21(23)24/h2-7,10H,8-9,11-12H2,1H3,(H,19,22). The maximum absolute atomic E-state index is 12.4. The lowest BCUT2D eigenvalue weighted by Gasteiger charge is -2.29. The summed E-state index contributed by atoms with van der Waals surface area (Å²) in [6, 6.07) is 11.9. The van der Waals surface area contributed by atoms with Gasteiger partial charge < -0.3 is 15.0 Å². The van der Waals surface area contributed by atoms with Crippen molar-refractivity contribution in [1.82, 2.24) is 10.2 Å². The van der Waals surface area contributed by atoms with Gasteiger partial charge in [-0.1, -0.05) is 24.3 Å². The molecular formula is C18H19N3O4. The average molecular weight is 341 g/mol. The number of ether oxygens (including phenoxy) is 1. The van der Waals surface area contributed by atoms with Gasteiger partial charge >= 0.3 is 6.03 Å². The Hall–Kier alpha value is -3.09. The number of nitrogens with zero attached hydrogens (tertiary/aromatic N) is 2. The van der Waals surface area contributed by atoms with E-state index in [4.69, 9.17) is 4.74 Å². The van der Waals surface area contributed by atoms with Crippen LogP contribution >= 0.6 is 0 Å². The van der Waals surface area contributed by atoms with Crippen LogP contribution in [0, 0.1) is 10.1 Å². The van der Waals surface area contributed by atoms with Gasteiger partial charge in [-0.3, -0.25) is 10.1 Å². The van der Waals surface area contributed by atoms with Crippen LogP contribution < -0.4 is 10.1 Å². The number of nitrogens with one attached hydrogen (secondary N) is 1. The van der Waals surface area contributed by atoms with E-state index < -0.39 is 4.92 Å². The van der Waals surface area contributed by atoms with Gasteiger partial charge in [0.15, 0.2) is 0 Å². The number of urea groups is 1. The van der Waals surface area contributed by atoms with E-state index in [1.807, 2.05) is 18.2 Å². The summed E-state index contributed by atoms with van der Waals surface area (Å²) < 4.78 is 5.37. The van der Waals surface area contributed by atoms with Crippen molar-refractivity contribution in [2.24, 2.45) is 0 Å². The van der Waals surface area contributed by atoms with Crippen molar-refractivity contribution in [2.45, 2.75) is 19.5 Å². The summed E-state index contributed by atoms with van der Waals surface area (Å²) in [5.74, 6) is 0.856. The zero-order valence-corrected chi connectivity index (χ0v) is 13.9. The third kappa shape index (κ3) is 3.71. The monoisotopic (exact) mass is 341 g/mol. The van der Waals surface area contributed by atoms with E-state index in [0.717, 1.165) is 23.3 Å². The second kappa shape index (κ2) is 7.21. The number of benzene rings is 2. The molecule has 1 N–H and O–H groups in total. The van der Waals surface area contributed by atoms with Crippen LogP contribution in [0.1, 0.15) is 16.7 Å². The smallest absolute Gasteiger partial charge is 0.317 e. The molecule has 2 aromatic rings. The number of nitro groups is 1. The molecule has 0 spiro atoms. The quantitative estimate of drug-likeness (QED) is 0.684. The van der Waals surface area contributed by atoms with Crippen LogP contribution in [0.2, 0.25) is 0 Å². The average Bonchev–Trinajstić information content (AvgIpc) is 2.65. The lowest BCUT2D eigenvalue weighted by Crippen LogP contribution is -2.42. The molecule has 1 aliphatic heterocycles. The van der Waals surface area contributed by atoms with Crippen molar-refractivity contribution < 1.29 is 14.5 Å². The largest absolute Gasteiger partial charge is 0.496 e. The number of methoxy groups -OCH3 is 1. The molecule has 2 amide bonds. The van der Waals surface area contributed by atoms with Crippen molar-refractivity contribution in [2.75, 3.05) is 13.7 Å². The van der Waals surface area contributed by atoms with E-state index in [9.17, 15) is 14.9 Å². The van der Waals surface area contributed by atoms with Crippen LogP contribution in [0.15, 0.2) is 42.5 Å². The van der Waals surface area contributed by atoms with E-state index >= 15 is 0 Å². The molecule has 0 aliphatic carbocycles. The third-order valence-electron chi connectivity index (χ3n) is 4.30. The van der Waals surface area contributed by atoms with Gasteiger partial charge in [-0.15, -0.1) is 0 Å². The Labute approximate surface area is 145 Å². The first kappa shape index (κ1) is 16.8. The van der Waals surface area contributed by atoms with Crippen LogP contribution in [0.4, 0.5) is 10.5 Å². The fourth-order valence-electron chi connectivity index (χ4n) is 3.01. The van der Waals surface area contributed by atoms with Gasteiger partial charge in [0.1, 0.15) is 5.75 Å². The number of hydrogen-bond acceptors (Lipinski definition) is 4. The predicted octanol–water partition coefficient (Wildman–Crippen LogP) is 2.87. The Morgan fingerprint density at radius 3 is 2.88 bits per heavy atom. The molecule has 3 rings (SSSR count). The molecule has 2 aromatic carbocycles. The van der Waals surface area contributed by atoms with Crippen LogP contribution in [0.5, 0.6) is 5.75 Å². The Morgan fingerprint density at radius 2 is 2.12 bits per heavy atom. The molecule has 0 atom stereocenters. The predicted molar refractivity (Wildman–Crippen MR) is 92.4 cm³/mol. The third-order valence-corrected chi connectivity index (χ3v) is 4.30. The first-order chi connectivity index (χ1) is 12.1. The van der Waals surface area contributed by atoms with Gasteiger partial charge in [-0.25, -0.2) is 4.79 Å². The van der Waals surface area contributed by atoms with Crippen molar-refractivity contribution in [3.63, 3.8) is 0 Å². The summed E-state index contributed by atoms with van der Waals surface area (Å²) >= 11 is 0. The van der Waals surface area contributed by atoms with Gasteiger partial charge in [0.25, 0.3) is 5.69 Å². The number of fused-ring (bicyclic) bond motifs is 1. The minimum absolute atomic E-state index is 0.0192. The highest BCUT2D eigenvalue weighted by molar-refractivity contribution is 5.74. The van der Waals surface area contributed by atoms with E-state index in [-0.39, 0.29) is 18.3 Å². The number of rotatable bonds is 4. The highest BCUT2D eigenvalue weighted by atomic mass is 16.6. The molecular weight excluding hydrogens is 322 g/mol. The molecule has 0 radical (unpaired) electrons. The molecule has 7 heteroatoms. The summed E-state index contributed by atoms with van der Waals surface area (Å²) in [4.78, 5) is 24.5. The minimum Gasteiger partial charge on any atom is -0.496 e. The van der Waals surface area contributed by atoms with Crippen molar-refractivity contribution in [3.05, 3.63) is 69.3 Å². The Morgan fingerprint density at radius 1 is 1.32 bits per heavy atom. The highest BCUT2D eigenvalue weighted by Crippen LogP contribution is 2.27. The molecule has 25 heavy (non-hydrogen) atoms. The Bertz CT molecular complexity index is 807. The molecule has 1 aliphatic rings. The van der Waals surface area contributed by atoms with E-state index in [0.29, 0.717) is 18.7 Å². The molecule has 0 unspecified atom stereocenters. The maximum atomic E-state index is 12.4. The molecule has 0 saturated heterocycles. The number of nitro benzene ring substituents is 1. The van der Waals surface area contributed by atoms with Gasteiger partial charge in [0, 0.05) is 37.3 Å². The molecule has 1 heterocycles. The zero-order valence-electron chi connectivity index (χ0n) is 13.9. The molecule has 7 nitrogen and oxygen atoms in total. The number of carbonyl (C=O) groups excluding carboxylic acids is 1. The molecule has 130 valence electrons. The van der Waals surface area contributed by atoms with E-state index in [1.165, 1.54) is 12.1 Å². The van der Waals surface area contributed by atoms with Gasteiger partial charge in [-0.2, -0.15) is 0 Å². The van der Waals surface area contributed by atoms with Gasteiger partial charge in [-0.05, 0) is 23.6 Å². The number of hydrogen-bond donors (Lipinski definition) is 1. The molecule has 0 bridgehead atoms. The van der Waals surface area contributed by atoms with Crippen molar-refractivity contribution >= 4 is 11.7 Å². The van der Waals surface area contributed by atoms with E-state index in [1.54, 1.807) is 24.1 Å². The second-order valence-electron chi connectivity index (χ2n) is 5.86. The minimum atomic E-state index is -0.444. The van der Waals surface area contributed by atoms with Crippen LogP contribution in [-0.2, 0) is 19.5 Å². The topological polar surface area (TPSA) is 84.7 Å². The summed E-state index contributed by atoms with van der Waals surface area (Å²) in [5, 5.41) is 13.6. The van der Waals surface area contributed by atoms with E-state index in [2.05, 4.69) is 5.32 Å². The lowest BCUT2D eigenvalue weighted by molar-refractivity contribution is -0.384. The lowest BCUT2D eigenvalue weighted by atomic mass is 9.99. The second-order valence-corrected chi connectivity index (χ2v) is 5.86. The molecule has 0 saturated carbocycles. The number of non-ortho nitro benzene ring substituents is 1. The molecule has 0 fully saturated rings. The van der Waals surface area contributed by atoms with Crippen LogP contribution in [-0.4, -0.2) is 29.5 Å². The summed E-state index contributed by atoms with van der Waals surface area (Å²) in [5.41, 5.74) is 2.94. The molecule has 0 aromatic heterocycles. The van der Waals surface area contributed by atoms with Crippen molar-refractivity contribution in [1.29, 1.82) is 0 Å². The fraction of sp³-hybridized carbons (Fsp3) is 0.278. The number of carbonyl (C=O) groups is 1. The van der Waals surface area contributed by atoms with Gasteiger partial charge in [0.2, 0.25) is 0 Å². The SMILES string of the molecule is COc1cccc2c1CCN(C(=O)NCc1cccc([N+](=O)[O-])c1)C2. The zero-order chi connectivity index (χ0) is 17.8. The van der Waals surface area contributed by atoms with Crippen molar-refractivity contribution in [3.8, 4) is 5.75 Å². The summed E-state index contributed by atoms with van der Waals surface area (Å²) in [6.07, 6.45) is 0.740. The summed E-state index contributed by atoms with van der Waals surface area (Å²) in [6.45, 7) is 1.38. The fourth-order valence-corrected chi connectivity index (χ4v) is 3.01.